The maximum Gasteiger partial charge on any atom is 0.573 e. The lowest BCUT2D eigenvalue weighted by atomic mass is 10.2. The molecule has 7 nitrogen and oxygen atoms in total. The van der Waals surface area contributed by atoms with Crippen LogP contribution in [0.4, 0.5) is 28.9 Å². The van der Waals surface area contributed by atoms with Gasteiger partial charge in [0.25, 0.3) is 0 Å². The molecule has 0 aromatic heterocycles. The number of hydrogen-bond donors (Lipinski definition) is 0. The molecular formula is C7H2F4N2O5. The number of halogens is 4. The molecule has 0 spiro atoms. The van der Waals surface area contributed by atoms with Crippen LogP contribution in [0.15, 0.2) is 12.1 Å². The summed E-state index contributed by atoms with van der Waals surface area (Å²) in [4.78, 5) is 17.9. The monoisotopic (exact) mass is 270 g/mol. The van der Waals surface area contributed by atoms with E-state index in [-0.39, 0.29) is 6.07 Å². The van der Waals surface area contributed by atoms with Gasteiger partial charge in [-0.05, 0) is 6.07 Å². The largest absolute Gasteiger partial charge is 0.573 e. The Morgan fingerprint density at radius 1 is 1.11 bits per heavy atom. The average Bonchev–Trinajstić information content (AvgIpc) is 2.17. The molecule has 0 atom stereocenters. The number of nitro benzene ring substituents is 2. The van der Waals surface area contributed by atoms with E-state index in [1.165, 1.54) is 0 Å². The number of nitrogens with zero attached hydrogens (tertiary/aromatic N) is 2. The lowest BCUT2D eigenvalue weighted by molar-refractivity contribution is -0.424. The predicted octanol–water partition coefficient (Wildman–Crippen LogP) is 2.54. The second-order valence-electron chi connectivity index (χ2n) is 2.81. The first kappa shape index (κ1) is 13.6. The Morgan fingerprint density at radius 3 is 2.06 bits per heavy atom. The molecule has 0 saturated carbocycles. The Labute approximate surface area is 94.9 Å². The van der Waals surface area contributed by atoms with Gasteiger partial charge in [-0.1, -0.05) is 0 Å². The minimum absolute atomic E-state index is 0.286. The predicted molar refractivity (Wildman–Crippen MR) is 46.4 cm³/mol. The summed E-state index contributed by atoms with van der Waals surface area (Å²) < 4.78 is 51.9. The number of rotatable bonds is 3. The third kappa shape index (κ3) is 2.81. The van der Waals surface area contributed by atoms with E-state index in [4.69, 9.17) is 0 Å². The molecule has 0 unspecified atom stereocenters. The van der Waals surface area contributed by atoms with E-state index in [0.29, 0.717) is 6.07 Å². The highest BCUT2D eigenvalue weighted by Crippen LogP contribution is 2.37. The van der Waals surface area contributed by atoms with Crippen LogP contribution < -0.4 is 4.74 Å². The molecule has 18 heavy (non-hydrogen) atoms. The molecule has 11 heteroatoms. The van der Waals surface area contributed by atoms with Crippen molar-refractivity contribution in [3.63, 3.8) is 0 Å². The van der Waals surface area contributed by atoms with E-state index in [1.807, 2.05) is 0 Å². The first-order valence-corrected chi connectivity index (χ1v) is 4.00. The van der Waals surface area contributed by atoms with E-state index in [9.17, 15) is 37.8 Å². The molecular weight excluding hydrogens is 268 g/mol. The van der Waals surface area contributed by atoms with Crippen molar-refractivity contribution in [1.82, 2.24) is 0 Å². The molecule has 1 aromatic rings. The SMILES string of the molecule is O=[N+]([O-])c1ccc(OC(F)(F)F)c(F)c1[N+](=O)[O-]. The number of alkyl halides is 3. The molecule has 0 N–H and O–H groups in total. The van der Waals surface area contributed by atoms with Crippen LogP contribution in [0.25, 0.3) is 0 Å². The van der Waals surface area contributed by atoms with Gasteiger partial charge in [0.05, 0.1) is 9.85 Å². The van der Waals surface area contributed by atoms with Crippen molar-refractivity contribution in [3.05, 3.63) is 38.2 Å². The van der Waals surface area contributed by atoms with Gasteiger partial charge in [-0.2, -0.15) is 4.39 Å². The van der Waals surface area contributed by atoms with Gasteiger partial charge in [-0.3, -0.25) is 20.2 Å². The van der Waals surface area contributed by atoms with E-state index in [1.54, 1.807) is 0 Å². The fourth-order valence-electron chi connectivity index (χ4n) is 1.06. The van der Waals surface area contributed by atoms with Crippen LogP contribution in [0.5, 0.6) is 5.75 Å². The second kappa shape index (κ2) is 4.43. The molecule has 1 aromatic carbocycles. The van der Waals surface area contributed by atoms with E-state index < -0.39 is 39.2 Å². The molecule has 0 fully saturated rings. The van der Waals surface area contributed by atoms with Gasteiger partial charge in [0.1, 0.15) is 0 Å². The van der Waals surface area contributed by atoms with Gasteiger partial charge < -0.3 is 4.74 Å². The van der Waals surface area contributed by atoms with Gasteiger partial charge in [-0.25, -0.2) is 0 Å². The Bertz CT molecular complexity index is 515. The molecule has 1 rings (SSSR count). The molecule has 0 aliphatic rings. The van der Waals surface area contributed by atoms with Gasteiger partial charge in [-0.15, -0.1) is 13.2 Å². The van der Waals surface area contributed by atoms with Gasteiger partial charge in [0.2, 0.25) is 5.82 Å². The Hall–Kier alpha value is -2.46. The fraction of sp³-hybridized carbons (Fsp3) is 0.143. The zero-order valence-electron chi connectivity index (χ0n) is 8.10. The molecule has 0 aliphatic heterocycles. The Kier molecular flexibility index (Phi) is 3.35. The Morgan fingerprint density at radius 2 is 1.67 bits per heavy atom. The maximum atomic E-state index is 13.3. The lowest BCUT2D eigenvalue weighted by Gasteiger charge is -2.09. The summed E-state index contributed by atoms with van der Waals surface area (Å²) in [6, 6.07) is 0.635. The third-order valence-corrected chi connectivity index (χ3v) is 1.66. The summed E-state index contributed by atoms with van der Waals surface area (Å²) in [7, 11) is 0. The normalized spacial score (nSPS) is 11.1. The van der Waals surface area contributed by atoms with Crippen molar-refractivity contribution in [2.24, 2.45) is 0 Å². The van der Waals surface area contributed by atoms with Crippen LogP contribution in [0.3, 0.4) is 0 Å². The van der Waals surface area contributed by atoms with E-state index in [0.717, 1.165) is 0 Å². The van der Waals surface area contributed by atoms with Crippen molar-refractivity contribution in [1.29, 1.82) is 0 Å². The van der Waals surface area contributed by atoms with E-state index >= 15 is 0 Å². The summed E-state index contributed by atoms with van der Waals surface area (Å²) in [6.07, 6.45) is -5.27. The smallest absolute Gasteiger partial charge is 0.402 e. The fourth-order valence-corrected chi connectivity index (χ4v) is 1.06. The van der Waals surface area contributed by atoms with Crippen molar-refractivity contribution in [3.8, 4) is 5.75 Å². The van der Waals surface area contributed by atoms with Gasteiger partial charge >= 0.3 is 17.7 Å². The number of hydrogen-bond acceptors (Lipinski definition) is 5. The highest BCUT2D eigenvalue weighted by atomic mass is 19.4. The molecule has 98 valence electrons. The van der Waals surface area contributed by atoms with Gasteiger partial charge in [0, 0.05) is 6.07 Å². The summed E-state index contributed by atoms with van der Waals surface area (Å²) in [5.41, 5.74) is -2.96. The number of ether oxygens (including phenoxy) is 1. The first-order valence-electron chi connectivity index (χ1n) is 4.00. The topological polar surface area (TPSA) is 95.5 Å². The number of benzene rings is 1. The summed E-state index contributed by atoms with van der Waals surface area (Å²) in [6.45, 7) is 0. The first-order chi connectivity index (χ1) is 8.13. The highest BCUT2D eigenvalue weighted by molar-refractivity contribution is 5.57. The van der Waals surface area contributed by atoms with Crippen LogP contribution in [0.1, 0.15) is 0 Å². The van der Waals surface area contributed by atoms with Crippen LogP contribution in [-0.2, 0) is 0 Å². The lowest BCUT2D eigenvalue weighted by Crippen LogP contribution is -2.18. The molecule has 0 saturated heterocycles. The quantitative estimate of drug-likeness (QED) is 0.477. The highest BCUT2D eigenvalue weighted by Gasteiger charge is 2.37. The van der Waals surface area contributed by atoms with Crippen molar-refractivity contribution in [2.45, 2.75) is 6.36 Å². The zero-order valence-corrected chi connectivity index (χ0v) is 8.10. The van der Waals surface area contributed by atoms with E-state index in [2.05, 4.69) is 4.74 Å². The summed E-state index contributed by atoms with van der Waals surface area (Å²) >= 11 is 0. The summed E-state index contributed by atoms with van der Waals surface area (Å²) in [5, 5.41) is 20.7. The molecule has 0 radical (unpaired) electrons. The standard InChI is InChI=1S/C7H2F4N2O5/c8-5-4(18-7(9,10)11)2-1-3(12(14)15)6(5)13(16)17/h1-2H. The van der Waals surface area contributed by atoms with Gasteiger partial charge in [0.15, 0.2) is 5.75 Å². The minimum Gasteiger partial charge on any atom is -0.402 e. The molecule has 0 amide bonds. The van der Waals surface area contributed by atoms with Crippen LogP contribution >= 0.6 is 0 Å². The number of nitro groups is 2. The van der Waals surface area contributed by atoms with Crippen LogP contribution in [-0.4, -0.2) is 16.2 Å². The molecule has 0 bridgehead atoms. The second-order valence-corrected chi connectivity index (χ2v) is 2.81. The minimum atomic E-state index is -5.27. The van der Waals surface area contributed by atoms with Crippen LogP contribution in [0, 0.1) is 26.0 Å². The zero-order chi connectivity index (χ0) is 14.1. The van der Waals surface area contributed by atoms with Crippen molar-refractivity contribution >= 4 is 11.4 Å². The summed E-state index contributed by atoms with van der Waals surface area (Å²) in [5.74, 6) is -3.58. The van der Waals surface area contributed by atoms with Crippen LogP contribution in [0.2, 0.25) is 0 Å². The maximum absolute atomic E-state index is 13.3. The molecule has 0 heterocycles. The Balaban J connectivity index is 3.40. The molecule has 0 aliphatic carbocycles. The third-order valence-electron chi connectivity index (χ3n) is 1.66. The van der Waals surface area contributed by atoms with Crippen molar-refractivity contribution < 1.29 is 32.1 Å². The van der Waals surface area contributed by atoms with Crippen molar-refractivity contribution in [2.75, 3.05) is 0 Å². The average molecular weight is 270 g/mol.